The van der Waals surface area contributed by atoms with Gasteiger partial charge in [-0.1, -0.05) is 13.0 Å². The molecule has 1 saturated heterocycles. The van der Waals surface area contributed by atoms with Crippen LogP contribution in [0.3, 0.4) is 0 Å². The average molecular weight is 335 g/mol. The van der Waals surface area contributed by atoms with E-state index in [4.69, 9.17) is 14.2 Å². The SMILES string of the molecule is CCN(CCCCC1(C)OCCO1)C(C)c1ccc(OC)cc1C. The Hall–Kier alpha value is -1.10. The van der Waals surface area contributed by atoms with Crippen LogP contribution in [0, 0.1) is 6.92 Å². The van der Waals surface area contributed by atoms with Gasteiger partial charge in [0.25, 0.3) is 0 Å². The van der Waals surface area contributed by atoms with E-state index in [0.29, 0.717) is 6.04 Å². The van der Waals surface area contributed by atoms with E-state index in [1.165, 1.54) is 11.1 Å². The number of methoxy groups -OCH3 is 1. The number of unbranched alkanes of at least 4 members (excludes halogenated alkanes) is 1. The first-order valence-electron chi connectivity index (χ1n) is 9.15. The van der Waals surface area contributed by atoms with Gasteiger partial charge in [-0.3, -0.25) is 4.90 Å². The molecule has 4 heteroatoms. The molecule has 0 spiro atoms. The normalized spacial score (nSPS) is 18.1. The van der Waals surface area contributed by atoms with Crippen LogP contribution in [-0.4, -0.2) is 44.1 Å². The third kappa shape index (κ3) is 4.95. The molecule has 1 aliphatic heterocycles. The maximum Gasteiger partial charge on any atom is 0.165 e. The van der Waals surface area contributed by atoms with Crippen LogP contribution >= 0.6 is 0 Å². The maximum absolute atomic E-state index is 5.68. The van der Waals surface area contributed by atoms with E-state index in [-0.39, 0.29) is 5.79 Å². The van der Waals surface area contributed by atoms with Gasteiger partial charge < -0.3 is 14.2 Å². The van der Waals surface area contributed by atoms with Crippen LogP contribution in [0.5, 0.6) is 5.75 Å². The number of rotatable bonds is 9. The summed E-state index contributed by atoms with van der Waals surface area (Å²) in [6.45, 7) is 12.4. The summed E-state index contributed by atoms with van der Waals surface area (Å²) < 4.78 is 16.7. The highest BCUT2D eigenvalue weighted by molar-refractivity contribution is 5.36. The molecule has 1 aliphatic rings. The number of ether oxygens (including phenoxy) is 3. The highest BCUT2D eigenvalue weighted by atomic mass is 16.7. The van der Waals surface area contributed by atoms with Gasteiger partial charge in [0.2, 0.25) is 0 Å². The lowest BCUT2D eigenvalue weighted by molar-refractivity contribution is -0.147. The van der Waals surface area contributed by atoms with Crippen LogP contribution in [0.2, 0.25) is 0 Å². The van der Waals surface area contributed by atoms with Crippen molar-refractivity contribution in [2.45, 2.75) is 58.8 Å². The summed E-state index contributed by atoms with van der Waals surface area (Å²) in [4.78, 5) is 2.54. The van der Waals surface area contributed by atoms with Crippen molar-refractivity contribution in [2.75, 3.05) is 33.4 Å². The fraction of sp³-hybridized carbons (Fsp3) is 0.700. The third-order valence-corrected chi connectivity index (χ3v) is 5.11. The molecule has 0 bridgehead atoms. The average Bonchev–Trinajstić information content (AvgIpc) is 3.01. The molecule has 1 atom stereocenters. The fourth-order valence-electron chi connectivity index (χ4n) is 3.53. The van der Waals surface area contributed by atoms with E-state index in [1.807, 2.05) is 0 Å². The second-order valence-electron chi connectivity index (χ2n) is 6.81. The van der Waals surface area contributed by atoms with Gasteiger partial charge in [-0.25, -0.2) is 0 Å². The van der Waals surface area contributed by atoms with Gasteiger partial charge in [-0.15, -0.1) is 0 Å². The predicted molar refractivity (Wildman–Crippen MR) is 97.6 cm³/mol. The minimum Gasteiger partial charge on any atom is -0.497 e. The lowest BCUT2D eigenvalue weighted by Crippen LogP contribution is -2.29. The summed E-state index contributed by atoms with van der Waals surface area (Å²) >= 11 is 0. The molecular formula is C20H33NO3. The minimum absolute atomic E-state index is 0.352. The van der Waals surface area contributed by atoms with Gasteiger partial charge in [-0.2, -0.15) is 0 Å². The molecule has 0 aromatic heterocycles. The van der Waals surface area contributed by atoms with Crippen LogP contribution in [-0.2, 0) is 9.47 Å². The van der Waals surface area contributed by atoms with Gasteiger partial charge >= 0.3 is 0 Å². The van der Waals surface area contributed by atoms with Crippen LogP contribution in [0.25, 0.3) is 0 Å². The molecule has 0 N–H and O–H groups in total. The van der Waals surface area contributed by atoms with Crippen LogP contribution in [0.1, 0.15) is 57.2 Å². The summed E-state index contributed by atoms with van der Waals surface area (Å²) in [6, 6.07) is 6.79. The number of hydrogen-bond donors (Lipinski definition) is 0. The zero-order valence-corrected chi connectivity index (χ0v) is 15.9. The Kier molecular flexibility index (Phi) is 7.08. The number of benzene rings is 1. The van der Waals surface area contributed by atoms with E-state index in [0.717, 1.165) is 51.3 Å². The number of nitrogens with zero attached hydrogens (tertiary/aromatic N) is 1. The summed E-state index contributed by atoms with van der Waals surface area (Å²) in [7, 11) is 1.72. The summed E-state index contributed by atoms with van der Waals surface area (Å²) in [5, 5.41) is 0. The van der Waals surface area contributed by atoms with Gasteiger partial charge in [-0.05, 0) is 70.0 Å². The predicted octanol–water partition coefficient (Wildman–Crippen LogP) is 4.32. The zero-order valence-electron chi connectivity index (χ0n) is 15.9. The van der Waals surface area contributed by atoms with Crippen molar-refractivity contribution < 1.29 is 14.2 Å². The van der Waals surface area contributed by atoms with Crippen molar-refractivity contribution in [3.63, 3.8) is 0 Å². The minimum atomic E-state index is -0.352. The molecule has 1 fully saturated rings. The molecular weight excluding hydrogens is 302 g/mol. The van der Waals surface area contributed by atoms with E-state index >= 15 is 0 Å². The quantitative estimate of drug-likeness (QED) is 0.629. The Balaban J connectivity index is 1.86. The molecule has 0 aliphatic carbocycles. The molecule has 1 heterocycles. The molecule has 2 rings (SSSR count). The second kappa shape index (κ2) is 8.84. The van der Waals surface area contributed by atoms with Gasteiger partial charge in [0.15, 0.2) is 5.79 Å². The van der Waals surface area contributed by atoms with Crippen LogP contribution < -0.4 is 4.74 Å². The maximum atomic E-state index is 5.68. The van der Waals surface area contributed by atoms with E-state index in [9.17, 15) is 0 Å². The molecule has 0 saturated carbocycles. The molecule has 1 aromatic carbocycles. The Bertz CT molecular complexity index is 512. The molecule has 1 aromatic rings. The van der Waals surface area contributed by atoms with Crippen molar-refractivity contribution in [3.05, 3.63) is 29.3 Å². The lowest BCUT2D eigenvalue weighted by Gasteiger charge is -2.30. The monoisotopic (exact) mass is 335 g/mol. The first-order chi connectivity index (χ1) is 11.5. The fourth-order valence-corrected chi connectivity index (χ4v) is 3.53. The Labute approximate surface area is 147 Å². The number of hydrogen-bond acceptors (Lipinski definition) is 4. The summed E-state index contributed by atoms with van der Waals surface area (Å²) in [6.07, 6.45) is 3.26. The van der Waals surface area contributed by atoms with E-state index < -0.39 is 0 Å². The molecule has 4 nitrogen and oxygen atoms in total. The van der Waals surface area contributed by atoms with Crippen molar-refractivity contribution in [3.8, 4) is 5.75 Å². The largest absolute Gasteiger partial charge is 0.497 e. The van der Waals surface area contributed by atoms with Crippen molar-refractivity contribution in [2.24, 2.45) is 0 Å². The molecule has 1 unspecified atom stereocenters. The molecule has 24 heavy (non-hydrogen) atoms. The second-order valence-corrected chi connectivity index (χ2v) is 6.81. The molecule has 136 valence electrons. The Morgan fingerprint density at radius 1 is 1.25 bits per heavy atom. The van der Waals surface area contributed by atoms with Crippen molar-refractivity contribution in [1.29, 1.82) is 0 Å². The van der Waals surface area contributed by atoms with Gasteiger partial charge in [0, 0.05) is 12.5 Å². The lowest BCUT2D eigenvalue weighted by atomic mass is 10.0. The van der Waals surface area contributed by atoms with Crippen molar-refractivity contribution in [1.82, 2.24) is 4.90 Å². The number of aryl methyl sites for hydroxylation is 1. The first-order valence-corrected chi connectivity index (χ1v) is 9.15. The van der Waals surface area contributed by atoms with E-state index in [1.54, 1.807) is 7.11 Å². The van der Waals surface area contributed by atoms with Gasteiger partial charge in [0.05, 0.1) is 20.3 Å². The Morgan fingerprint density at radius 3 is 2.54 bits per heavy atom. The highest BCUT2D eigenvalue weighted by Gasteiger charge is 2.30. The van der Waals surface area contributed by atoms with Crippen LogP contribution in [0.15, 0.2) is 18.2 Å². The molecule has 0 amide bonds. The van der Waals surface area contributed by atoms with Crippen molar-refractivity contribution >= 4 is 0 Å². The topological polar surface area (TPSA) is 30.9 Å². The van der Waals surface area contributed by atoms with E-state index in [2.05, 4.69) is 50.8 Å². The highest BCUT2D eigenvalue weighted by Crippen LogP contribution is 2.28. The molecule has 0 radical (unpaired) electrons. The standard InChI is InChI=1S/C20H33NO3/c1-6-21(12-8-7-11-20(4)23-13-14-24-20)17(3)19-10-9-18(22-5)15-16(19)2/h9-10,15,17H,6-8,11-14H2,1-5H3. The summed E-state index contributed by atoms with van der Waals surface area (Å²) in [5.41, 5.74) is 2.67. The summed E-state index contributed by atoms with van der Waals surface area (Å²) in [5.74, 6) is 0.575. The first kappa shape index (κ1) is 19.2. The third-order valence-electron chi connectivity index (χ3n) is 5.11. The van der Waals surface area contributed by atoms with Crippen LogP contribution in [0.4, 0.5) is 0 Å². The zero-order chi connectivity index (χ0) is 17.6. The Morgan fingerprint density at radius 2 is 1.96 bits per heavy atom. The smallest absolute Gasteiger partial charge is 0.165 e. The van der Waals surface area contributed by atoms with Gasteiger partial charge in [0.1, 0.15) is 5.75 Å².